The first kappa shape index (κ1) is 60.7. The summed E-state index contributed by atoms with van der Waals surface area (Å²) in [6.07, 6.45) is 61.9. The number of likely N-dealkylation sites (N-methyl/N-ethyl adjacent to an activating group) is 1. The highest BCUT2D eigenvalue weighted by molar-refractivity contribution is 7.45. The average molecular weight is 902 g/mol. The van der Waals surface area contributed by atoms with E-state index in [1.165, 1.54) is 109 Å². The molecule has 0 saturated heterocycles. The number of phosphoric ester groups is 1. The Morgan fingerprint density at radius 3 is 1.38 bits per heavy atom. The van der Waals surface area contributed by atoms with E-state index in [0.29, 0.717) is 24.1 Å². The highest BCUT2D eigenvalue weighted by Crippen LogP contribution is 2.38. The van der Waals surface area contributed by atoms with Crippen molar-refractivity contribution in [3.8, 4) is 0 Å². The maximum atomic E-state index is 12.7. The molecule has 0 spiro atoms. The van der Waals surface area contributed by atoms with E-state index >= 15 is 0 Å². The van der Waals surface area contributed by atoms with Gasteiger partial charge in [0.25, 0.3) is 7.82 Å². The number of unbranched alkanes of at least 4 members (excludes halogenated alkanes) is 18. The zero-order valence-electron chi connectivity index (χ0n) is 41.2. The van der Waals surface area contributed by atoms with E-state index in [0.717, 1.165) is 57.8 Å². The molecule has 364 valence electrons. The summed E-state index contributed by atoms with van der Waals surface area (Å²) in [7, 11) is 1.31. The standard InChI is InChI=1S/C54H96NO7P/c1-6-8-10-12-14-16-18-20-22-24-25-26-27-28-29-30-32-34-36-38-40-42-44-46-49-59-51-53(52-61-63(57,58)60-50-48-55(3,4)5)62-54(56)47-45-43-41-39-37-35-33-31-23-21-19-17-15-13-11-9-7-2/h9,11,15,17-18,20-21,23-25,33,35,39,41,53H,6-8,10,12-14,16,19,22,26-32,34,36-38,40,42-52H2,1-5H3/b11-9-,17-15-,20-18-,23-21-,25-24-,35-33-,41-39-. The molecule has 0 heterocycles. The maximum absolute atomic E-state index is 12.7. The minimum atomic E-state index is -4.55. The number of hydrogen-bond donors (Lipinski definition) is 0. The second kappa shape index (κ2) is 46.2. The van der Waals surface area contributed by atoms with Crippen LogP contribution in [0.4, 0.5) is 0 Å². The van der Waals surface area contributed by atoms with Gasteiger partial charge in [-0.15, -0.1) is 0 Å². The number of quaternary nitrogens is 1. The Balaban J connectivity index is 4.21. The lowest BCUT2D eigenvalue weighted by Gasteiger charge is -2.28. The fourth-order valence-corrected chi connectivity index (χ4v) is 7.28. The van der Waals surface area contributed by atoms with Crippen LogP contribution in [0.2, 0.25) is 0 Å². The zero-order chi connectivity index (χ0) is 46.2. The summed E-state index contributed by atoms with van der Waals surface area (Å²) in [4.78, 5) is 25.1. The SMILES string of the molecule is CC/C=C\C/C=C\C/C=C\C/C=C\C/C=C\CCCC(=O)OC(COCCCCCCCCCCCCCC/C=C\C/C=C\CCCCCCC)COP(=O)([O-])OCC[N+](C)(C)C. The van der Waals surface area contributed by atoms with Crippen LogP contribution in [0.15, 0.2) is 85.1 Å². The van der Waals surface area contributed by atoms with Crippen LogP contribution < -0.4 is 4.89 Å². The molecular weight excluding hydrogens is 806 g/mol. The van der Waals surface area contributed by atoms with Crippen LogP contribution in [-0.2, 0) is 27.9 Å². The first-order chi connectivity index (χ1) is 30.6. The molecule has 2 atom stereocenters. The second-order valence-corrected chi connectivity index (χ2v) is 19.2. The van der Waals surface area contributed by atoms with Gasteiger partial charge in [-0.1, -0.05) is 189 Å². The van der Waals surface area contributed by atoms with Crippen molar-refractivity contribution in [2.24, 2.45) is 0 Å². The Labute approximate surface area is 388 Å². The number of allylic oxidation sites excluding steroid dienone is 14. The van der Waals surface area contributed by atoms with Gasteiger partial charge in [0, 0.05) is 13.0 Å². The van der Waals surface area contributed by atoms with Crippen molar-refractivity contribution in [1.82, 2.24) is 0 Å². The molecule has 9 heteroatoms. The van der Waals surface area contributed by atoms with E-state index in [2.05, 4.69) is 98.9 Å². The van der Waals surface area contributed by atoms with Gasteiger partial charge in [0.2, 0.25) is 0 Å². The maximum Gasteiger partial charge on any atom is 0.306 e. The predicted octanol–water partition coefficient (Wildman–Crippen LogP) is 15.0. The number of rotatable bonds is 46. The molecule has 0 aromatic heterocycles. The van der Waals surface area contributed by atoms with Crippen molar-refractivity contribution >= 4 is 13.8 Å². The number of carbonyl (C=O) groups excluding carboxylic acids is 1. The van der Waals surface area contributed by atoms with E-state index in [-0.39, 0.29) is 26.2 Å². The van der Waals surface area contributed by atoms with Crippen LogP contribution in [0.25, 0.3) is 0 Å². The summed E-state index contributed by atoms with van der Waals surface area (Å²) in [5.41, 5.74) is 0. The van der Waals surface area contributed by atoms with Crippen molar-refractivity contribution < 1.29 is 37.3 Å². The Morgan fingerprint density at radius 2 is 0.921 bits per heavy atom. The Morgan fingerprint density at radius 1 is 0.508 bits per heavy atom. The first-order valence-corrected chi connectivity index (χ1v) is 26.8. The Kier molecular flexibility index (Phi) is 44.5. The fourth-order valence-electron chi connectivity index (χ4n) is 6.55. The van der Waals surface area contributed by atoms with Crippen molar-refractivity contribution in [2.75, 3.05) is 54.1 Å². The lowest BCUT2D eigenvalue weighted by atomic mass is 10.0. The Bertz CT molecular complexity index is 1280. The lowest BCUT2D eigenvalue weighted by molar-refractivity contribution is -0.870. The molecule has 0 aromatic carbocycles. The van der Waals surface area contributed by atoms with Gasteiger partial charge in [-0.05, 0) is 83.5 Å². The summed E-state index contributed by atoms with van der Waals surface area (Å²) in [6, 6.07) is 0. The molecule has 0 aliphatic carbocycles. The minimum Gasteiger partial charge on any atom is -0.756 e. The van der Waals surface area contributed by atoms with Gasteiger partial charge in [0.15, 0.2) is 0 Å². The van der Waals surface area contributed by atoms with Gasteiger partial charge in [-0.3, -0.25) is 9.36 Å². The van der Waals surface area contributed by atoms with Crippen LogP contribution in [0.3, 0.4) is 0 Å². The van der Waals surface area contributed by atoms with Gasteiger partial charge < -0.3 is 27.9 Å². The van der Waals surface area contributed by atoms with Crippen molar-refractivity contribution in [3.05, 3.63) is 85.1 Å². The molecule has 0 rings (SSSR count). The van der Waals surface area contributed by atoms with Gasteiger partial charge in [0.05, 0.1) is 34.4 Å². The van der Waals surface area contributed by atoms with E-state index in [4.69, 9.17) is 18.5 Å². The van der Waals surface area contributed by atoms with Crippen LogP contribution >= 0.6 is 7.82 Å². The highest BCUT2D eigenvalue weighted by atomic mass is 31.2. The van der Waals surface area contributed by atoms with Crippen LogP contribution in [0, 0.1) is 0 Å². The first-order valence-electron chi connectivity index (χ1n) is 25.3. The molecule has 0 aromatic rings. The Hall–Kier alpha value is -2.32. The molecule has 0 aliphatic heterocycles. The summed E-state index contributed by atoms with van der Waals surface area (Å²) >= 11 is 0. The topological polar surface area (TPSA) is 94.1 Å². The van der Waals surface area contributed by atoms with Gasteiger partial charge >= 0.3 is 5.97 Å². The molecule has 0 fully saturated rings. The highest BCUT2D eigenvalue weighted by Gasteiger charge is 2.20. The normalized spacial score (nSPS) is 14.3. The average Bonchev–Trinajstić information content (AvgIpc) is 3.24. The quantitative estimate of drug-likeness (QED) is 0.0197. The number of carbonyl (C=O) groups is 1. The molecule has 8 nitrogen and oxygen atoms in total. The van der Waals surface area contributed by atoms with Crippen LogP contribution in [0.5, 0.6) is 0 Å². The molecular formula is C54H96NO7P. The smallest absolute Gasteiger partial charge is 0.306 e. The van der Waals surface area contributed by atoms with E-state index in [9.17, 15) is 14.3 Å². The number of phosphoric acid groups is 1. The summed E-state index contributed by atoms with van der Waals surface area (Å²) in [6.45, 7) is 5.20. The van der Waals surface area contributed by atoms with E-state index < -0.39 is 19.9 Å². The molecule has 0 radical (unpaired) electrons. The third-order valence-corrected chi connectivity index (χ3v) is 11.4. The predicted molar refractivity (Wildman–Crippen MR) is 268 cm³/mol. The molecule has 0 aliphatic rings. The lowest BCUT2D eigenvalue weighted by Crippen LogP contribution is -2.37. The van der Waals surface area contributed by atoms with Crippen LogP contribution in [-0.4, -0.2) is 70.7 Å². The van der Waals surface area contributed by atoms with E-state index in [1.807, 2.05) is 21.1 Å². The van der Waals surface area contributed by atoms with Gasteiger partial charge in [-0.25, -0.2) is 0 Å². The second-order valence-electron chi connectivity index (χ2n) is 17.8. The van der Waals surface area contributed by atoms with E-state index in [1.54, 1.807) is 0 Å². The van der Waals surface area contributed by atoms with Crippen molar-refractivity contribution in [3.63, 3.8) is 0 Å². The number of ether oxygens (including phenoxy) is 2. The third kappa shape index (κ3) is 50.5. The number of esters is 1. The molecule has 0 amide bonds. The van der Waals surface area contributed by atoms with Crippen molar-refractivity contribution in [1.29, 1.82) is 0 Å². The monoisotopic (exact) mass is 902 g/mol. The fraction of sp³-hybridized carbons (Fsp3) is 0.722. The molecule has 0 N–H and O–H groups in total. The van der Waals surface area contributed by atoms with Crippen LogP contribution in [0.1, 0.15) is 194 Å². The summed E-state index contributed by atoms with van der Waals surface area (Å²) < 4.78 is 34.6. The summed E-state index contributed by atoms with van der Waals surface area (Å²) in [5, 5.41) is 0. The molecule has 63 heavy (non-hydrogen) atoms. The summed E-state index contributed by atoms with van der Waals surface area (Å²) in [5.74, 6) is -0.392. The zero-order valence-corrected chi connectivity index (χ0v) is 42.1. The largest absolute Gasteiger partial charge is 0.756 e. The molecule has 2 unspecified atom stereocenters. The third-order valence-electron chi connectivity index (χ3n) is 10.4. The number of hydrogen-bond acceptors (Lipinski definition) is 7. The minimum absolute atomic E-state index is 0.0112. The molecule has 0 saturated carbocycles. The van der Waals surface area contributed by atoms with Gasteiger partial charge in [-0.2, -0.15) is 0 Å². The van der Waals surface area contributed by atoms with Crippen molar-refractivity contribution in [2.45, 2.75) is 200 Å². The number of nitrogens with zero attached hydrogens (tertiary/aromatic N) is 1. The van der Waals surface area contributed by atoms with Gasteiger partial charge in [0.1, 0.15) is 19.3 Å². The molecule has 0 bridgehead atoms.